The highest BCUT2D eigenvalue weighted by atomic mass is 35.5. The van der Waals surface area contributed by atoms with Gasteiger partial charge in [0.1, 0.15) is 4.90 Å². The summed E-state index contributed by atoms with van der Waals surface area (Å²) in [7, 11) is -2.07. The summed E-state index contributed by atoms with van der Waals surface area (Å²) in [6.07, 6.45) is 0.727. The second-order valence-corrected chi connectivity index (χ2v) is 6.67. The van der Waals surface area contributed by atoms with E-state index in [1.165, 1.54) is 23.5 Å². The van der Waals surface area contributed by atoms with Gasteiger partial charge in [0.15, 0.2) is 0 Å². The van der Waals surface area contributed by atoms with E-state index in [0.29, 0.717) is 17.1 Å². The van der Waals surface area contributed by atoms with Crippen molar-refractivity contribution in [3.8, 4) is 0 Å². The molecule has 0 amide bonds. The molecule has 0 saturated heterocycles. The van der Waals surface area contributed by atoms with E-state index >= 15 is 0 Å². The van der Waals surface area contributed by atoms with E-state index in [2.05, 4.69) is 0 Å². The van der Waals surface area contributed by atoms with Crippen LogP contribution in [0.3, 0.4) is 0 Å². The zero-order valence-electron chi connectivity index (χ0n) is 10.3. The molecule has 2 N–H and O–H groups in total. The summed E-state index contributed by atoms with van der Waals surface area (Å²) in [5.41, 5.74) is 5.97. The van der Waals surface area contributed by atoms with Crippen LogP contribution < -0.4 is 5.73 Å². The lowest BCUT2D eigenvalue weighted by atomic mass is 10.2. The molecule has 0 saturated carbocycles. The van der Waals surface area contributed by atoms with Gasteiger partial charge in [0.25, 0.3) is 0 Å². The van der Waals surface area contributed by atoms with Crippen molar-refractivity contribution in [3.63, 3.8) is 0 Å². The number of nitrogens with zero attached hydrogens (tertiary/aromatic N) is 1. The lowest BCUT2D eigenvalue weighted by Crippen LogP contribution is -2.28. The van der Waals surface area contributed by atoms with Crippen molar-refractivity contribution in [1.82, 2.24) is 4.31 Å². The Bertz CT molecular complexity index is 532. The molecule has 1 aromatic rings. The van der Waals surface area contributed by atoms with Crippen LogP contribution in [-0.4, -0.2) is 26.3 Å². The number of rotatable bonds is 5. The molecule has 0 aliphatic heterocycles. The molecular formula is C11H16Cl2N2O2S. The molecule has 0 spiro atoms. The summed E-state index contributed by atoms with van der Waals surface area (Å²) >= 11 is 12.0. The number of benzene rings is 1. The van der Waals surface area contributed by atoms with Crippen LogP contribution in [0.2, 0.25) is 10.0 Å². The first-order valence-corrected chi connectivity index (χ1v) is 7.69. The molecule has 102 valence electrons. The zero-order chi connectivity index (χ0) is 13.9. The van der Waals surface area contributed by atoms with Crippen molar-refractivity contribution in [2.75, 3.05) is 13.6 Å². The van der Waals surface area contributed by atoms with E-state index in [1.807, 2.05) is 6.92 Å². The molecule has 0 aliphatic carbocycles. The fourth-order valence-electron chi connectivity index (χ4n) is 1.57. The maximum atomic E-state index is 12.3. The minimum atomic E-state index is -3.59. The molecule has 0 bridgehead atoms. The summed E-state index contributed by atoms with van der Waals surface area (Å²) in [4.78, 5) is 0.0463. The van der Waals surface area contributed by atoms with Crippen molar-refractivity contribution < 1.29 is 8.42 Å². The van der Waals surface area contributed by atoms with Gasteiger partial charge in [-0.3, -0.25) is 0 Å². The molecular weight excluding hydrogens is 295 g/mol. The molecule has 1 aromatic carbocycles. The van der Waals surface area contributed by atoms with Gasteiger partial charge >= 0.3 is 0 Å². The first-order chi connectivity index (χ1) is 8.36. The second-order valence-electron chi connectivity index (χ2n) is 3.87. The Balaban J connectivity index is 3.34. The first kappa shape index (κ1) is 15.7. The summed E-state index contributed by atoms with van der Waals surface area (Å²) in [5, 5.41) is 0.479. The highest BCUT2D eigenvalue weighted by Crippen LogP contribution is 2.32. The van der Waals surface area contributed by atoms with Crippen molar-refractivity contribution in [3.05, 3.63) is 27.7 Å². The smallest absolute Gasteiger partial charge is 0.244 e. The lowest BCUT2D eigenvalue weighted by molar-refractivity contribution is 0.468. The Morgan fingerprint density at radius 2 is 1.94 bits per heavy atom. The van der Waals surface area contributed by atoms with Gasteiger partial charge in [-0.15, -0.1) is 0 Å². The fraction of sp³-hybridized carbons (Fsp3) is 0.455. The third-order valence-corrected chi connectivity index (χ3v) is 5.38. The Hall–Kier alpha value is -0.330. The van der Waals surface area contributed by atoms with Crippen molar-refractivity contribution >= 4 is 33.2 Å². The average molecular weight is 311 g/mol. The third kappa shape index (κ3) is 2.97. The van der Waals surface area contributed by atoms with Crippen LogP contribution in [0.25, 0.3) is 0 Å². The highest BCUT2D eigenvalue weighted by molar-refractivity contribution is 7.89. The monoisotopic (exact) mass is 310 g/mol. The predicted molar refractivity (Wildman–Crippen MR) is 74.5 cm³/mol. The molecule has 0 unspecified atom stereocenters. The average Bonchev–Trinajstić information content (AvgIpc) is 2.29. The van der Waals surface area contributed by atoms with Crippen LogP contribution in [0.4, 0.5) is 0 Å². The topological polar surface area (TPSA) is 63.4 Å². The molecule has 0 aliphatic rings. The number of halogens is 2. The van der Waals surface area contributed by atoms with E-state index in [-0.39, 0.29) is 16.5 Å². The Morgan fingerprint density at radius 3 is 2.44 bits per heavy atom. The first-order valence-electron chi connectivity index (χ1n) is 5.49. The Morgan fingerprint density at radius 1 is 1.33 bits per heavy atom. The molecule has 18 heavy (non-hydrogen) atoms. The van der Waals surface area contributed by atoms with E-state index < -0.39 is 10.0 Å². The molecule has 0 atom stereocenters. The molecule has 0 fully saturated rings. The van der Waals surface area contributed by atoms with Crippen LogP contribution >= 0.6 is 23.2 Å². The van der Waals surface area contributed by atoms with Gasteiger partial charge < -0.3 is 5.73 Å². The van der Waals surface area contributed by atoms with Gasteiger partial charge in [-0.2, -0.15) is 0 Å². The van der Waals surface area contributed by atoms with Crippen molar-refractivity contribution in [1.29, 1.82) is 0 Å². The number of hydrogen-bond acceptors (Lipinski definition) is 3. The second kappa shape index (κ2) is 6.21. The van der Waals surface area contributed by atoms with E-state index in [4.69, 9.17) is 28.9 Å². The van der Waals surface area contributed by atoms with Gasteiger partial charge in [-0.25, -0.2) is 12.7 Å². The van der Waals surface area contributed by atoms with Gasteiger partial charge in [0, 0.05) is 30.7 Å². The van der Waals surface area contributed by atoms with E-state index in [1.54, 1.807) is 0 Å². The molecule has 0 aromatic heterocycles. The number of sulfonamides is 1. The zero-order valence-corrected chi connectivity index (χ0v) is 12.6. The highest BCUT2D eigenvalue weighted by Gasteiger charge is 2.25. The molecule has 4 nitrogen and oxygen atoms in total. The van der Waals surface area contributed by atoms with Gasteiger partial charge in [-0.1, -0.05) is 30.1 Å². The fourth-order valence-corrected chi connectivity index (χ4v) is 3.73. The van der Waals surface area contributed by atoms with Gasteiger partial charge in [-0.05, 0) is 18.6 Å². The van der Waals surface area contributed by atoms with E-state index in [9.17, 15) is 8.42 Å². The minimum Gasteiger partial charge on any atom is -0.326 e. The Kier molecular flexibility index (Phi) is 5.43. The summed E-state index contributed by atoms with van der Waals surface area (Å²) in [5.74, 6) is 0. The normalized spacial score (nSPS) is 12.1. The predicted octanol–water partition coefficient (Wildman–Crippen LogP) is 2.48. The molecule has 0 heterocycles. The Labute approximate surface area is 118 Å². The summed E-state index contributed by atoms with van der Waals surface area (Å²) < 4.78 is 25.8. The number of nitrogens with two attached hydrogens (primary N) is 1. The van der Waals surface area contributed by atoms with Crippen LogP contribution in [0.1, 0.15) is 18.9 Å². The van der Waals surface area contributed by atoms with E-state index in [0.717, 1.165) is 6.42 Å². The van der Waals surface area contributed by atoms with Gasteiger partial charge in [0.05, 0.1) is 5.02 Å². The molecule has 0 radical (unpaired) electrons. The largest absolute Gasteiger partial charge is 0.326 e. The SMILES string of the molecule is CCCN(C)S(=O)(=O)c1ccc(Cl)c(CN)c1Cl. The molecule has 1 rings (SSSR count). The maximum Gasteiger partial charge on any atom is 0.244 e. The maximum absolute atomic E-state index is 12.3. The summed E-state index contributed by atoms with van der Waals surface area (Å²) in [6, 6.07) is 2.91. The summed E-state index contributed by atoms with van der Waals surface area (Å²) in [6.45, 7) is 2.43. The van der Waals surface area contributed by atoms with Crippen LogP contribution in [0.5, 0.6) is 0 Å². The number of hydrogen-bond donors (Lipinski definition) is 1. The quantitative estimate of drug-likeness (QED) is 0.908. The molecule has 7 heteroatoms. The van der Waals surface area contributed by atoms with Crippen LogP contribution in [0, 0.1) is 0 Å². The van der Waals surface area contributed by atoms with Gasteiger partial charge in [0.2, 0.25) is 10.0 Å². The van der Waals surface area contributed by atoms with Crippen molar-refractivity contribution in [2.24, 2.45) is 5.73 Å². The van der Waals surface area contributed by atoms with Crippen LogP contribution in [-0.2, 0) is 16.6 Å². The standard InChI is InChI=1S/C11H16Cl2N2O2S/c1-3-6-15(2)18(16,17)10-5-4-9(12)8(7-14)11(10)13/h4-5H,3,6-7,14H2,1-2H3. The lowest BCUT2D eigenvalue weighted by Gasteiger charge is -2.18. The third-order valence-electron chi connectivity index (χ3n) is 2.58. The van der Waals surface area contributed by atoms with Crippen LogP contribution in [0.15, 0.2) is 17.0 Å². The van der Waals surface area contributed by atoms with Crippen molar-refractivity contribution in [2.45, 2.75) is 24.8 Å². The minimum absolute atomic E-state index is 0.0463.